The third kappa shape index (κ3) is 4.20. The van der Waals surface area contributed by atoms with E-state index in [1.807, 2.05) is 0 Å². The molecule has 0 atom stereocenters. The van der Waals surface area contributed by atoms with E-state index in [1.54, 1.807) is 0 Å². The number of benzene rings is 9. The van der Waals surface area contributed by atoms with Gasteiger partial charge < -0.3 is 0 Å². The molecule has 0 nitrogen and oxygen atoms in total. The molecule has 0 bridgehead atoms. The molecule has 2 aliphatic carbocycles. The second kappa shape index (κ2) is 11.1. The normalized spacial score (nSPS) is 14.6. The summed E-state index contributed by atoms with van der Waals surface area (Å²) in [6, 6.07) is 63.6. The standard InChI is InChI=1S/C54H40/c1-53(2)47-23-12-11-17-38(47)45-30-31-46-39-29-28-36(32-48(39)54(3,4)52(46)51(45)53)33-24-26-35(27-25-33)49-41-18-7-9-20-43(41)50(44-21-10-8-19-42(44)49)40-22-13-15-34-14-5-6-16-37(34)40/h5-32H,1-4H3. The first kappa shape index (κ1) is 31.3. The molecule has 0 aromatic heterocycles. The first-order chi connectivity index (χ1) is 26.3. The highest BCUT2D eigenvalue weighted by Gasteiger charge is 2.45. The Morgan fingerprint density at radius 2 is 0.741 bits per heavy atom. The molecule has 9 aromatic carbocycles. The maximum atomic E-state index is 2.47. The van der Waals surface area contributed by atoms with Gasteiger partial charge >= 0.3 is 0 Å². The Balaban J connectivity index is 1.03. The average molecular weight is 689 g/mol. The molecule has 11 rings (SSSR count). The average Bonchev–Trinajstić information content (AvgIpc) is 3.58. The van der Waals surface area contributed by atoms with Gasteiger partial charge in [-0.3, -0.25) is 0 Å². The van der Waals surface area contributed by atoms with Crippen molar-refractivity contribution in [3.63, 3.8) is 0 Å². The van der Waals surface area contributed by atoms with E-state index >= 15 is 0 Å². The van der Waals surface area contributed by atoms with Crippen LogP contribution in [0.2, 0.25) is 0 Å². The van der Waals surface area contributed by atoms with Gasteiger partial charge in [-0.2, -0.15) is 0 Å². The number of fused-ring (bicyclic) bond motifs is 10. The molecule has 0 radical (unpaired) electrons. The van der Waals surface area contributed by atoms with Crippen molar-refractivity contribution in [3.8, 4) is 55.6 Å². The van der Waals surface area contributed by atoms with Crippen LogP contribution in [0.3, 0.4) is 0 Å². The Bertz CT molecular complexity index is 2960. The predicted octanol–water partition coefficient (Wildman–Crippen LogP) is 14.8. The van der Waals surface area contributed by atoms with Crippen molar-refractivity contribution in [2.24, 2.45) is 0 Å². The molecule has 2 aliphatic rings. The van der Waals surface area contributed by atoms with Crippen molar-refractivity contribution in [3.05, 3.63) is 192 Å². The van der Waals surface area contributed by atoms with Gasteiger partial charge in [0, 0.05) is 10.8 Å². The Labute approximate surface area is 317 Å². The fourth-order valence-corrected chi connectivity index (χ4v) is 10.4. The summed E-state index contributed by atoms with van der Waals surface area (Å²) in [5.74, 6) is 0. The Hall–Kier alpha value is -6.24. The number of hydrogen-bond acceptors (Lipinski definition) is 0. The van der Waals surface area contributed by atoms with Crippen LogP contribution < -0.4 is 0 Å². The van der Waals surface area contributed by atoms with E-state index < -0.39 is 0 Å². The summed E-state index contributed by atoms with van der Waals surface area (Å²) >= 11 is 0. The van der Waals surface area contributed by atoms with Crippen LogP contribution in [-0.2, 0) is 10.8 Å². The maximum Gasteiger partial charge on any atom is 0.0162 e. The smallest absolute Gasteiger partial charge is 0.0162 e. The topological polar surface area (TPSA) is 0 Å². The molecule has 0 unspecified atom stereocenters. The molecule has 0 saturated carbocycles. The van der Waals surface area contributed by atoms with Crippen LogP contribution in [0.15, 0.2) is 170 Å². The van der Waals surface area contributed by atoms with Gasteiger partial charge in [-0.15, -0.1) is 0 Å². The van der Waals surface area contributed by atoms with Crippen molar-refractivity contribution in [2.45, 2.75) is 38.5 Å². The van der Waals surface area contributed by atoms with Crippen LogP contribution in [0.1, 0.15) is 49.9 Å². The van der Waals surface area contributed by atoms with Gasteiger partial charge in [0.05, 0.1) is 0 Å². The lowest BCUT2D eigenvalue weighted by Crippen LogP contribution is -2.24. The molecule has 0 spiro atoms. The van der Waals surface area contributed by atoms with Gasteiger partial charge in [-0.05, 0) is 116 Å². The molecule has 0 heteroatoms. The second-order valence-corrected chi connectivity index (χ2v) is 16.4. The molecule has 0 N–H and O–H groups in total. The zero-order valence-electron chi connectivity index (χ0n) is 31.2. The Kier molecular flexibility index (Phi) is 6.46. The second-order valence-electron chi connectivity index (χ2n) is 16.4. The summed E-state index contributed by atoms with van der Waals surface area (Å²) in [6.45, 7) is 9.69. The first-order valence-electron chi connectivity index (χ1n) is 19.3. The van der Waals surface area contributed by atoms with E-state index in [4.69, 9.17) is 0 Å². The van der Waals surface area contributed by atoms with Crippen molar-refractivity contribution >= 4 is 32.3 Å². The predicted molar refractivity (Wildman–Crippen MR) is 230 cm³/mol. The zero-order valence-corrected chi connectivity index (χ0v) is 31.2. The molecule has 256 valence electrons. The summed E-state index contributed by atoms with van der Waals surface area (Å²) in [7, 11) is 0. The van der Waals surface area contributed by atoms with Gasteiger partial charge in [0.25, 0.3) is 0 Å². The van der Waals surface area contributed by atoms with Crippen molar-refractivity contribution in [2.75, 3.05) is 0 Å². The molecule has 0 amide bonds. The van der Waals surface area contributed by atoms with E-state index in [0.29, 0.717) is 0 Å². The van der Waals surface area contributed by atoms with Gasteiger partial charge in [0.15, 0.2) is 0 Å². The lowest BCUT2D eigenvalue weighted by atomic mass is 9.72. The lowest BCUT2D eigenvalue weighted by Gasteiger charge is -2.30. The van der Waals surface area contributed by atoms with Crippen molar-refractivity contribution in [1.29, 1.82) is 0 Å². The van der Waals surface area contributed by atoms with E-state index in [2.05, 4.69) is 198 Å². The molecule has 0 saturated heterocycles. The summed E-state index contributed by atoms with van der Waals surface area (Å²) in [4.78, 5) is 0. The van der Waals surface area contributed by atoms with Crippen LogP contribution in [-0.4, -0.2) is 0 Å². The van der Waals surface area contributed by atoms with Crippen LogP contribution in [0.5, 0.6) is 0 Å². The van der Waals surface area contributed by atoms with E-state index in [9.17, 15) is 0 Å². The summed E-state index contributed by atoms with van der Waals surface area (Å²) in [5, 5.41) is 7.67. The SMILES string of the molecule is CC1(C)c2ccccc2-c2ccc3c(c21)C(C)(C)c1cc(-c2ccc(-c4c5ccccc5c(-c5cccc6ccccc56)c5ccccc45)cc2)ccc1-3. The zero-order chi connectivity index (χ0) is 36.3. The Morgan fingerprint density at radius 1 is 0.296 bits per heavy atom. The van der Waals surface area contributed by atoms with E-state index in [-0.39, 0.29) is 10.8 Å². The van der Waals surface area contributed by atoms with Crippen LogP contribution in [0.4, 0.5) is 0 Å². The number of hydrogen-bond donors (Lipinski definition) is 0. The fraction of sp³-hybridized carbons (Fsp3) is 0.111. The summed E-state index contributed by atoms with van der Waals surface area (Å²) in [5.41, 5.74) is 18.9. The molecular formula is C54H40. The molecule has 0 heterocycles. The van der Waals surface area contributed by atoms with Gasteiger partial charge in [0.1, 0.15) is 0 Å². The fourth-order valence-electron chi connectivity index (χ4n) is 10.4. The van der Waals surface area contributed by atoms with Crippen LogP contribution in [0.25, 0.3) is 88.0 Å². The third-order valence-electron chi connectivity index (χ3n) is 12.8. The van der Waals surface area contributed by atoms with Crippen LogP contribution in [0, 0.1) is 0 Å². The van der Waals surface area contributed by atoms with Gasteiger partial charge in [0.2, 0.25) is 0 Å². The Morgan fingerprint density at radius 3 is 1.41 bits per heavy atom. The minimum absolute atomic E-state index is 0.0450. The van der Waals surface area contributed by atoms with Gasteiger partial charge in [-0.25, -0.2) is 0 Å². The maximum absolute atomic E-state index is 2.47. The van der Waals surface area contributed by atoms with E-state index in [0.717, 1.165) is 0 Å². The minimum atomic E-state index is -0.116. The molecular weight excluding hydrogens is 649 g/mol. The highest BCUT2D eigenvalue weighted by Crippen LogP contribution is 2.59. The van der Waals surface area contributed by atoms with E-state index in [1.165, 1.54) is 110 Å². The summed E-state index contributed by atoms with van der Waals surface area (Å²) in [6.07, 6.45) is 0. The van der Waals surface area contributed by atoms with Crippen molar-refractivity contribution < 1.29 is 0 Å². The monoisotopic (exact) mass is 688 g/mol. The minimum Gasteiger partial charge on any atom is -0.0619 e. The molecule has 54 heavy (non-hydrogen) atoms. The highest BCUT2D eigenvalue weighted by atomic mass is 14.5. The number of rotatable bonds is 3. The quantitative estimate of drug-likeness (QED) is 0.162. The molecule has 9 aromatic rings. The van der Waals surface area contributed by atoms with Gasteiger partial charge in [-0.1, -0.05) is 191 Å². The van der Waals surface area contributed by atoms with Crippen LogP contribution >= 0.6 is 0 Å². The van der Waals surface area contributed by atoms with Crippen molar-refractivity contribution in [1.82, 2.24) is 0 Å². The lowest BCUT2D eigenvalue weighted by molar-refractivity contribution is 0.601. The molecule has 0 fully saturated rings. The highest BCUT2D eigenvalue weighted by molar-refractivity contribution is 6.23. The largest absolute Gasteiger partial charge is 0.0619 e. The third-order valence-corrected chi connectivity index (χ3v) is 12.8. The molecule has 0 aliphatic heterocycles. The summed E-state index contributed by atoms with van der Waals surface area (Å²) < 4.78 is 0. The first-order valence-corrected chi connectivity index (χ1v) is 19.3.